The minimum absolute atomic E-state index is 0.427. The molecule has 0 bridgehead atoms. The lowest BCUT2D eigenvalue weighted by Gasteiger charge is -2.38. The van der Waals surface area contributed by atoms with Crippen LogP contribution in [0.25, 0.3) is 0 Å². The van der Waals surface area contributed by atoms with Crippen LogP contribution in [0.4, 0.5) is 0 Å². The lowest BCUT2D eigenvalue weighted by atomic mass is 10.2. The number of hydrogen-bond donors (Lipinski definition) is 2. The molecule has 150 valence electrons. The summed E-state index contributed by atoms with van der Waals surface area (Å²) in [4.78, 5) is 6.85. The molecule has 1 aromatic carbocycles. The molecule has 1 heterocycles. The molecule has 6 heteroatoms. The lowest BCUT2D eigenvalue weighted by molar-refractivity contribution is -0.0174. The summed E-state index contributed by atoms with van der Waals surface area (Å²) in [5.74, 6) is 2.55. The molecule has 1 aliphatic carbocycles. The molecule has 1 aliphatic heterocycles. The number of guanidine groups is 1. The van der Waals surface area contributed by atoms with Crippen LogP contribution in [0.3, 0.4) is 0 Å². The second-order valence-corrected chi connectivity index (χ2v) is 7.68. The maximum Gasteiger partial charge on any atom is 0.191 e. The molecule has 0 aromatic heterocycles. The van der Waals surface area contributed by atoms with Crippen molar-refractivity contribution in [2.45, 2.75) is 45.3 Å². The van der Waals surface area contributed by atoms with Gasteiger partial charge in [0.05, 0.1) is 19.8 Å². The zero-order valence-electron chi connectivity index (χ0n) is 16.9. The first-order valence-electron chi connectivity index (χ1n) is 10.2. The molecule has 27 heavy (non-hydrogen) atoms. The standard InChI is InChI=1S/C21H34N4O2/c1-16(25-10-11-26-14-17(25)2)12-23-21(22-3)24-13-19-6-4-5-7-20(19)27-15-18-8-9-18/h4-7,16-18H,8-15H2,1-3H3,(H2,22,23,24). The molecule has 1 saturated carbocycles. The van der Waals surface area contributed by atoms with Gasteiger partial charge in [0.2, 0.25) is 0 Å². The monoisotopic (exact) mass is 374 g/mol. The van der Waals surface area contributed by atoms with Gasteiger partial charge in [-0.15, -0.1) is 0 Å². The first kappa shape index (κ1) is 20.0. The summed E-state index contributed by atoms with van der Waals surface area (Å²) in [5.41, 5.74) is 1.16. The van der Waals surface area contributed by atoms with E-state index in [-0.39, 0.29) is 0 Å². The van der Waals surface area contributed by atoms with Crippen molar-refractivity contribution in [2.24, 2.45) is 10.9 Å². The Morgan fingerprint density at radius 3 is 2.89 bits per heavy atom. The number of nitrogens with zero attached hydrogens (tertiary/aromatic N) is 2. The fourth-order valence-corrected chi connectivity index (χ4v) is 3.44. The Bertz CT molecular complexity index is 618. The number of aliphatic imine (C=N–C) groups is 1. The second kappa shape index (κ2) is 9.95. The highest BCUT2D eigenvalue weighted by molar-refractivity contribution is 5.79. The summed E-state index contributed by atoms with van der Waals surface area (Å²) in [6.07, 6.45) is 2.61. The fraction of sp³-hybridized carbons (Fsp3) is 0.667. The van der Waals surface area contributed by atoms with E-state index < -0.39 is 0 Å². The molecule has 2 fully saturated rings. The molecule has 2 N–H and O–H groups in total. The van der Waals surface area contributed by atoms with Crippen LogP contribution < -0.4 is 15.4 Å². The first-order valence-corrected chi connectivity index (χ1v) is 10.2. The average molecular weight is 375 g/mol. The van der Waals surface area contributed by atoms with E-state index in [1.165, 1.54) is 12.8 Å². The van der Waals surface area contributed by atoms with E-state index in [1.807, 2.05) is 13.1 Å². The minimum Gasteiger partial charge on any atom is -0.493 e. The van der Waals surface area contributed by atoms with Crippen LogP contribution in [-0.4, -0.2) is 62.9 Å². The van der Waals surface area contributed by atoms with Gasteiger partial charge in [-0.25, -0.2) is 0 Å². The molecule has 6 nitrogen and oxygen atoms in total. The fourth-order valence-electron chi connectivity index (χ4n) is 3.44. The van der Waals surface area contributed by atoms with Gasteiger partial charge in [0.1, 0.15) is 5.75 Å². The SMILES string of the molecule is CN=C(NCc1ccccc1OCC1CC1)NCC(C)N1CCOCC1C. The summed E-state index contributed by atoms with van der Waals surface area (Å²) in [6, 6.07) is 9.14. The van der Waals surface area contributed by atoms with Crippen LogP contribution in [0.5, 0.6) is 5.75 Å². The maximum atomic E-state index is 6.00. The van der Waals surface area contributed by atoms with E-state index in [2.05, 4.69) is 52.6 Å². The zero-order valence-corrected chi connectivity index (χ0v) is 16.9. The average Bonchev–Trinajstić information content (AvgIpc) is 3.52. The Labute approximate surface area is 163 Å². The molecule has 3 rings (SSSR count). The van der Waals surface area contributed by atoms with Gasteiger partial charge in [-0.05, 0) is 38.7 Å². The Kier molecular flexibility index (Phi) is 7.35. The number of benzene rings is 1. The van der Waals surface area contributed by atoms with Gasteiger partial charge in [-0.2, -0.15) is 0 Å². The molecular weight excluding hydrogens is 340 g/mol. The Balaban J connectivity index is 1.46. The van der Waals surface area contributed by atoms with Gasteiger partial charge >= 0.3 is 0 Å². The van der Waals surface area contributed by atoms with Crippen molar-refractivity contribution in [3.63, 3.8) is 0 Å². The highest BCUT2D eigenvalue weighted by atomic mass is 16.5. The summed E-state index contributed by atoms with van der Waals surface area (Å²) in [6.45, 7) is 9.48. The Hall–Kier alpha value is -1.79. The highest BCUT2D eigenvalue weighted by Crippen LogP contribution is 2.30. The molecule has 0 radical (unpaired) electrons. The molecular formula is C21H34N4O2. The summed E-state index contributed by atoms with van der Waals surface area (Å²) in [7, 11) is 1.81. The normalized spacial score (nSPS) is 22.3. The summed E-state index contributed by atoms with van der Waals surface area (Å²) < 4.78 is 11.5. The Morgan fingerprint density at radius 1 is 1.33 bits per heavy atom. The van der Waals surface area contributed by atoms with E-state index >= 15 is 0 Å². The number of hydrogen-bond acceptors (Lipinski definition) is 4. The van der Waals surface area contributed by atoms with Crippen molar-refractivity contribution >= 4 is 5.96 Å². The third kappa shape index (κ3) is 6.11. The molecule has 1 saturated heterocycles. The number of para-hydroxylation sites is 1. The van der Waals surface area contributed by atoms with Gasteiger partial charge in [-0.3, -0.25) is 9.89 Å². The van der Waals surface area contributed by atoms with E-state index in [9.17, 15) is 0 Å². The summed E-state index contributed by atoms with van der Waals surface area (Å²) >= 11 is 0. The van der Waals surface area contributed by atoms with Crippen LogP contribution in [0.15, 0.2) is 29.3 Å². The topological polar surface area (TPSA) is 58.1 Å². The smallest absolute Gasteiger partial charge is 0.191 e. The first-order chi connectivity index (χ1) is 13.2. The van der Waals surface area contributed by atoms with Gasteiger partial charge in [0.25, 0.3) is 0 Å². The molecule has 0 spiro atoms. The van der Waals surface area contributed by atoms with Crippen LogP contribution in [0.1, 0.15) is 32.3 Å². The van der Waals surface area contributed by atoms with E-state index in [0.717, 1.165) is 56.1 Å². The molecule has 0 amide bonds. The molecule has 2 atom stereocenters. The van der Waals surface area contributed by atoms with Crippen LogP contribution in [0, 0.1) is 5.92 Å². The van der Waals surface area contributed by atoms with Crippen molar-refractivity contribution in [1.82, 2.24) is 15.5 Å². The van der Waals surface area contributed by atoms with E-state index in [1.54, 1.807) is 0 Å². The molecule has 1 aromatic rings. The quantitative estimate of drug-likeness (QED) is 0.540. The number of nitrogens with one attached hydrogen (secondary N) is 2. The third-order valence-electron chi connectivity index (χ3n) is 5.36. The Morgan fingerprint density at radius 2 is 2.15 bits per heavy atom. The van der Waals surface area contributed by atoms with Gasteiger partial charge in [0.15, 0.2) is 5.96 Å². The molecule has 2 unspecified atom stereocenters. The largest absolute Gasteiger partial charge is 0.493 e. The van der Waals surface area contributed by atoms with Crippen molar-refractivity contribution in [2.75, 3.05) is 40.0 Å². The number of morpholine rings is 1. The van der Waals surface area contributed by atoms with Crippen LogP contribution in [0.2, 0.25) is 0 Å². The van der Waals surface area contributed by atoms with Gasteiger partial charge in [0, 0.05) is 44.3 Å². The van der Waals surface area contributed by atoms with E-state index in [0.29, 0.717) is 18.6 Å². The van der Waals surface area contributed by atoms with Crippen molar-refractivity contribution < 1.29 is 9.47 Å². The van der Waals surface area contributed by atoms with Crippen LogP contribution in [-0.2, 0) is 11.3 Å². The number of rotatable bonds is 8. The van der Waals surface area contributed by atoms with Crippen molar-refractivity contribution in [1.29, 1.82) is 0 Å². The van der Waals surface area contributed by atoms with E-state index in [4.69, 9.17) is 9.47 Å². The number of ether oxygens (including phenoxy) is 2. The van der Waals surface area contributed by atoms with Crippen molar-refractivity contribution in [3.8, 4) is 5.75 Å². The predicted octanol–water partition coefficient (Wildman–Crippen LogP) is 2.25. The highest BCUT2D eigenvalue weighted by Gasteiger charge is 2.24. The zero-order chi connectivity index (χ0) is 19.1. The van der Waals surface area contributed by atoms with Gasteiger partial charge in [-0.1, -0.05) is 18.2 Å². The van der Waals surface area contributed by atoms with Crippen molar-refractivity contribution in [3.05, 3.63) is 29.8 Å². The second-order valence-electron chi connectivity index (χ2n) is 7.68. The predicted molar refractivity (Wildman–Crippen MR) is 109 cm³/mol. The molecule has 2 aliphatic rings. The third-order valence-corrected chi connectivity index (χ3v) is 5.36. The van der Waals surface area contributed by atoms with Gasteiger partial charge < -0.3 is 20.1 Å². The van der Waals surface area contributed by atoms with Crippen LogP contribution >= 0.6 is 0 Å². The summed E-state index contributed by atoms with van der Waals surface area (Å²) in [5, 5.41) is 6.87. The minimum atomic E-state index is 0.427. The lowest BCUT2D eigenvalue weighted by Crippen LogP contribution is -2.52. The maximum absolute atomic E-state index is 6.00.